The van der Waals surface area contributed by atoms with Gasteiger partial charge in [0, 0.05) is 12.1 Å². The fourth-order valence-electron chi connectivity index (χ4n) is 1.08. The van der Waals surface area contributed by atoms with Crippen LogP contribution >= 0.6 is 0 Å². The third kappa shape index (κ3) is 1.95. The van der Waals surface area contributed by atoms with E-state index in [2.05, 4.69) is 5.32 Å². The lowest BCUT2D eigenvalue weighted by molar-refractivity contribution is 0.112. The van der Waals surface area contributed by atoms with Crippen molar-refractivity contribution in [2.75, 3.05) is 7.05 Å². The quantitative estimate of drug-likeness (QED) is 0.497. The van der Waals surface area contributed by atoms with Crippen molar-refractivity contribution in [1.82, 2.24) is 5.32 Å². The van der Waals surface area contributed by atoms with Gasteiger partial charge in [0.1, 0.15) is 14.1 Å². The Kier molecular flexibility index (Phi) is 3.05. The lowest BCUT2D eigenvalue weighted by Gasteiger charge is -2.04. The van der Waals surface area contributed by atoms with Crippen molar-refractivity contribution < 1.29 is 4.79 Å². The molecule has 1 aromatic rings. The summed E-state index contributed by atoms with van der Waals surface area (Å²) >= 11 is 0. The van der Waals surface area contributed by atoms with E-state index in [1.54, 1.807) is 18.2 Å². The number of nitrogens with one attached hydrogen (secondary N) is 1. The Morgan fingerprint density at radius 2 is 2.33 bits per heavy atom. The van der Waals surface area contributed by atoms with E-state index < -0.39 is 0 Å². The molecule has 0 saturated heterocycles. The summed E-state index contributed by atoms with van der Waals surface area (Å²) in [6.07, 6.45) is 0.839. The van der Waals surface area contributed by atoms with Crippen molar-refractivity contribution in [3.8, 4) is 0 Å². The van der Waals surface area contributed by atoms with E-state index in [-0.39, 0.29) is 0 Å². The van der Waals surface area contributed by atoms with Gasteiger partial charge in [0.25, 0.3) is 0 Å². The molecule has 0 atom stereocenters. The fraction of sp³-hybridized carbons (Fsp3) is 0.222. The van der Waals surface area contributed by atoms with Crippen LogP contribution in [0.2, 0.25) is 0 Å². The molecule has 0 fully saturated rings. The molecular weight excluding hydrogens is 149 g/mol. The number of carbonyl (C=O) groups excluding carboxylic acids is 1. The molecule has 0 unspecified atom stereocenters. The summed E-state index contributed by atoms with van der Waals surface area (Å²) < 4.78 is 0. The highest BCUT2D eigenvalue weighted by Gasteiger charge is 1.99. The van der Waals surface area contributed by atoms with Crippen molar-refractivity contribution in [3.05, 3.63) is 29.3 Å². The molecule has 0 aromatic heterocycles. The molecule has 0 saturated carbocycles. The van der Waals surface area contributed by atoms with Gasteiger partial charge in [0.15, 0.2) is 0 Å². The fourth-order valence-corrected chi connectivity index (χ4v) is 1.08. The van der Waals surface area contributed by atoms with Gasteiger partial charge in [0.2, 0.25) is 0 Å². The van der Waals surface area contributed by atoms with E-state index >= 15 is 0 Å². The molecule has 1 aromatic carbocycles. The van der Waals surface area contributed by atoms with Gasteiger partial charge < -0.3 is 5.32 Å². The van der Waals surface area contributed by atoms with Gasteiger partial charge in [0.05, 0.1) is 0 Å². The van der Waals surface area contributed by atoms with Crippen LogP contribution in [-0.2, 0) is 6.54 Å². The second kappa shape index (κ2) is 4.07. The third-order valence-corrected chi connectivity index (χ3v) is 1.66. The minimum Gasteiger partial charge on any atom is -0.316 e. The lowest BCUT2D eigenvalue weighted by Crippen LogP contribution is -2.12. The Labute approximate surface area is 73.4 Å². The molecule has 0 amide bonds. The smallest absolute Gasteiger partial charge is 0.150 e. The van der Waals surface area contributed by atoms with Crippen LogP contribution in [0.3, 0.4) is 0 Å². The van der Waals surface area contributed by atoms with Gasteiger partial charge in [-0.05, 0) is 12.6 Å². The van der Waals surface area contributed by atoms with Crippen molar-refractivity contribution in [2.45, 2.75) is 6.54 Å². The van der Waals surface area contributed by atoms with Gasteiger partial charge in [-0.15, -0.1) is 0 Å². The first-order valence-corrected chi connectivity index (χ1v) is 3.76. The zero-order chi connectivity index (χ0) is 8.97. The zero-order valence-corrected chi connectivity index (χ0v) is 7.00. The van der Waals surface area contributed by atoms with Crippen LogP contribution in [-0.4, -0.2) is 21.2 Å². The number of benzene rings is 1. The Hall–Kier alpha value is -1.09. The third-order valence-electron chi connectivity index (χ3n) is 1.66. The second-order valence-electron chi connectivity index (χ2n) is 2.61. The maximum Gasteiger partial charge on any atom is 0.150 e. The van der Waals surface area contributed by atoms with Gasteiger partial charge in [-0.1, -0.05) is 23.7 Å². The summed E-state index contributed by atoms with van der Waals surface area (Å²) in [4.78, 5) is 10.5. The second-order valence-corrected chi connectivity index (χ2v) is 2.61. The standard InChI is InChI=1S/C9H10BNO/c1-11-5-8-4-9(10)3-2-7(8)6-12/h2-4,6,11H,5H2,1H3. The van der Waals surface area contributed by atoms with Crippen LogP contribution < -0.4 is 10.8 Å². The van der Waals surface area contributed by atoms with Crippen LogP contribution in [0.1, 0.15) is 15.9 Å². The topological polar surface area (TPSA) is 29.1 Å². The number of hydrogen-bond donors (Lipinski definition) is 1. The molecule has 60 valence electrons. The summed E-state index contributed by atoms with van der Waals surface area (Å²) in [6.45, 7) is 0.666. The van der Waals surface area contributed by atoms with Crippen molar-refractivity contribution >= 4 is 19.6 Å². The molecule has 3 heteroatoms. The van der Waals surface area contributed by atoms with Crippen LogP contribution in [0.5, 0.6) is 0 Å². The van der Waals surface area contributed by atoms with Crippen LogP contribution in [0.15, 0.2) is 18.2 Å². The van der Waals surface area contributed by atoms with Crippen LogP contribution in [0, 0.1) is 0 Å². The molecule has 2 radical (unpaired) electrons. The molecule has 0 spiro atoms. The highest BCUT2D eigenvalue weighted by molar-refractivity contribution is 6.32. The number of hydrogen-bond acceptors (Lipinski definition) is 2. The molecule has 1 rings (SSSR count). The Morgan fingerprint density at radius 1 is 1.58 bits per heavy atom. The zero-order valence-electron chi connectivity index (χ0n) is 7.00. The van der Waals surface area contributed by atoms with Gasteiger partial charge >= 0.3 is 0 Å². The average Bonchev–Trinajstić information content (AvgIpc) is 2.05. The average molecular weight is 159 g/mol. The Morgan fingerprint density at radius 3 is 2.92 bits per heavy atom. The molecule has 0 bridgehead atoms. The maximum absolute atomic E-state index is 10.5. The molecule has 2 nitrogen and oxygen atoms in total. The van der Waals surface area contributed by atoms with Crippen LogP contribution in [0.25, 0.3) is 0 Å². The highest BCUT2D eigenvalue weighted by Crippen LogP contribution is 2.03. The lowest BCUT2D eigenvalue weighted by atomic mass is 9.92. The minimum absolute atomic E-state index is 0.666. The monoisotopic (exact) mass is 159 g/mol. The van der Waals surface area contributed by atoms with E-state index in [0.29, 0.717) is 17.6 Å². The molecular formula is C9H10BNO. The maximum atomic E-state index is 10.5. The van der Waals surface area contributed by atoms with Gasteiger partial charge in [-0.2, -0.15) is 0 Å². The summed E-state index contributed by atoms with van der Waals surface area (Å²) in [5, 5.41) is 2.97. The summed E-state index contributed by atoms with van der Waals surface area (Å²) in [7, 11) is 7.40. The molecule has 0 aliphatic heterocycles. The van der Waals surface area contributed by atoms with Gasteiger partial charge in [-0.25, -0.2) is 0 Å². The minimum atomic E-state index is 0.666. The first-order valence-electron chi connectivity index (χ1n) is 3.76. The summed E-state index contributed by atoms with van der Waals surface area (Å²) in [5.41, 5.74) is 2.32. The molecule has 12 heavy (non-hydrogen) atoms. The first kappa shape index (κ1) is 9.01. The summed E-state index contributed by atoms with van der Waals surface area (Å²) in [5.74, 6) is 0. The van der Waals surface area contributed by atoms with Gasteiger partial charge in [-0.3, -0.25) is 4.79 Å². The van der Waals surface area contributed by atoms with E-state index in [1.807, 2.05) is 7.05 Å². The molecule has 0 aliphatic carbocycles. The number of aldehydes is 1. The highest BCUT2D eigenvalue weighted by atomic mass is 16.1. The van der Waals surface area contributed by atoms with E-state index in [1.165, 1.54) is 0 Å². The Balaban J connectivity index is 3.03. The van der Waals surface area contributed by atoms with Crippen molar-refractivity contribution in [2.24, 2.45) is 0 Å². The van der Waals surface area contributed by atoms with Crippen LogP contribution in [0.4, 0.5) is 0 Å². The van der Waals surface area contributed by atoms with Crippen molar-refractivity contribution in [3.63, 3.8) is 0 Å². The molecule has 0 aliphatic rings. The SMILES string of the molecule is [B]c1ccc(C=O)c(CNC)c1. The largest absolute Gasteiger partial charge is 0.316 e. The number of rotatable bonds is 3. The predicted octanol–water partition coefficient (Wildman–Crippen LogP) is 0.0123. The van der Waals surface area contributed by atoms with E-state index in [0.717, 1.165) is 11.8 Å². The normalized spacial score (nSPS) is 9.75. The predicted molar refractivity (Wildman–Crippen MR) is 50.0 cm³/mol. The Bertz CT molecular complexity index is 286. The number of carbonyl (C=O) groups is 1. The summed E-state index contributed by atoms with van der Waals surface area (Å²) in [6, 6.07) is 5.26. The molecule has 1 N–H and O–H groups in total. The molecule has 0 heterocycles. The van der Waals surface area contributed by atoms with E-state index in [4.69, 9.17) is 7.85 Å². The van der Waals surface area contributed by atoms with E-state index in [9.17, 15) is 4.79 Å². The first-order chi connectivity index (χ1) is 5.77. The van der Waals surface area contributed by atoms with Crippen molar-refractivity contribution in [1.29, 1.82) is 0 Å².